The molecule has 19 heavy (non-hydrogen) atoms. The molecular formula is C13H8BrF2NOS. The normalized spacial score (nSPS) is 10.3. The standard InChI is InChI=1S/C13H8BrF2NOS/c14-8-5-10(15)12(11(16)6-8)17-13(18)7-2-1-3-9(19)4-7/h1-6,19H,(H,17,18). The van der Waals surface area contributed by atoms with Crippen molar-refractivity contribution in [3.8, 4) is 0 Å². The van der Waals surface area contributed by atoms with Gasteiger partial charge >= 0.3 is 0 Å². The molecule has 0 unspecified atom stereocenters. The highest BCUT2D eigenvalue weighted by Crippen LogP contribution is 2.24. The third-order valence-electron chi connectivity index (χ3n) is 2.35. The molecule has 6 heteroatoms. The molecule has 2 nitrogen and oxygen atoms in total. The molecule has 0 spiro atoms. The Morgan fingerprint density at radius 2 is 1.79 bits per heavy atom. The quantitative estimate of drug-likeness (QED) is 0.783. The van der Waals surface area contributed by atoms with Gasteiger partial charge in [-0.2, -0.15) is 0 Å². The summed E-state index contributed by atoms with van der Waals surface area (Å²) in [6.45, 7) is 0. The van der Waals surface area contributed by atoms with E-state index >= 15 is 0 Å². The van der Waals surface area contributed by atoms with Crippen LogP contribution in [0.3, 0.4) is 0 Å². The van der Waals surface area contributed by atoms with Crippen molar-refractivity contribution in [2.45, 2.75) is 4.90 Å². The summed E-state index contributed by atoms with van der Waals surface area (Å²) >= 11 is 7.06. The van der Waals surface area contributed by atoms with E-state index < -0.39 is 23.2 Å². The second kappa shape index (κ2) is 5.71. The summed E-state index contributed by atoms with van der Waals surface area (Å²) in [4.78, 5) is 12.5. The molecule has 0 aliphatic heterocycles. The van der Waals surface area contributed by atoms with E-state index in [1.807, 2.05) is 0 Å². The molecule has 0 aliphatic rings. The second-order valence-corrected chi connectivity index (χ2v) is 5.18. The van der Waals surface area contributed by atoms with E-state index in [0.29, 0.717) is 4.90 Å². The van der Waals surface area contributed by atoms with Crippen LogP contribution in [0.25, 0.3) is 0 Å². The summed E-state index contributed by atoms with van der Waals surface area (Å²) in [5.41, 5.74) is -0.202. The van der Waals surface area contributed by atoms with E-state index in [0.717, 1.165) is 12.1 Å². The van der Waals surface area contributed by atoms with Crippen LogP contribution < -0.4 is 5.32 Å². The number of amides is 1. The van der Waals surface area contributed by atoms with Crippen LogP contribution in [0.2, 0.25) is 0 Å². The van der Waals surface area contributed by atoms with Crippen LogP contribution in [0, 0.1) is 11.6 Å². The molecular weight excluding hydrogens is 336 g/mol. The van der Waals surface area contributed by atoms with Gasteiger partial charge in [0.25, 0.3) is 5.91 Å². The van der Waals surface area contributed by atoms with Crippen molar-refractivity contribution in [3.05, 3.63) is 58.1 Å². The van der Waals surface area contributed by atoms with Gasteiger partial charge in [-0.15, -0.1) is 12.6 Å². The summed E-state index contributed by atoms with van der Waals surface area (Å²) < 4.78 is 27.4. The summed E-state index contributed by atoms with van der Waals surface area (Å²) in [6, 6.07) is 8.52. The number of carbonyl (C=O) groups excluding carboxylic acids is 1. The van der Waals surface area contributed by atoms with Gasteiger partial charge in [0.1, 0.15) is 5.69 Å². The number of hydrogen-bond donors (Lipinski definition) is 2. The molecule has 0 atom stereocenters. The smallest absolute Gasteiger partial charge is 0.255 e. The van der Waals surface area contributed by atoms with Crippen molar-refractivity contribution >= 4 is 40.2 Å². The van der Waals surface area contributed by atoms with Gasteiger partial charge < -0.3 is 5.32 Å². The van der Waals surface area contributed by atoms with Crippen molar-refractivity contribution in [1.29, 1.82) is 0 Å². The maximum absolute atomic E-state index is 13.6. The molecule has 1 N–H and O–H groups in total. The van der Waals surface area contributed by atoms with Crippen molar-refractivity contribution in [2.24, 2.45) is 0 Å². The summed E-state index contributed by atoms with van der Waals surface area (Å²) in [7, 11) is 0. The number of halogens is 3. The van der Waals surface area contributed by atoms with Crippen LogP contribution in [-0.2, 0) is 0 Å². The van der Waals surface area contributed by atoms with Gasteiger partial charge in [-0.25, -0.2) is 8.78 Å². The molecule has 0 saturated carbocycles. The first kappa shape index (κ1) is 14.0. The number of rotatable bonds is 2. The van der Waals surface area contributed by atoms with E-state index in [1.54, 1.807) is 12.1 Å². The van der Waals surface area contributed by atoms with Gasteiger partial charge in [0.05, 0.1) is 0 Å². The fourth-order valence-electron chi connectivity index (χ4n) is 1.49. The van der Waals surface area contributed by atoms with E-state index in [1.165, 1.54) is 12.1 Å². The van der Waals surface area contributed by atoms with Crippen molar-refractivity contribution < 1.29 is 13.6 Å². The van der Waals surface area contributed by atoms with Crippen LogP contribution >= 0.6 is 28.6 Å². The number of carbonyl (C=O) groups is 1. The molecule has 98 valence electrons. The van der Waals surface area contributed by atoms with E-state index in [9.17, 15) is 13.6 Å². The molecule has 0 heterocycles. The first-order valence-electron chi connectivity index (χ1n) is 5.22. The number of nitrogens with one attached hydrogen (secondary N) is 1. The Morgan fingerprint density at radius 3 is 2.37 bits per heavy atom. The highest BCUT2D eigenvalue weighted by molar-refractivity contribution is 9.10. The predicted molar refractivity (Wildman–Crippen MR) is 75.7 cm³/mol. The zero-order valence-corrected chi connectivity index (χ0v) is 11.9. The molecule has 2 rings (SSSR count). The lowest BCUT2D eigenvalue weighted by molar-refractivity contribution is 0.102. The monoisotopic (exact) mass is 343 g/mol. The minimum atomic E-state index is -0.845. The average Bonchev–Trinajstić information content (AvgIpc) is 2.33. The van der Waals surface area contributed by atoms with Crippen LogP contribution in [0.15, 0.2) is 45.8 Å². The summed E-state index contributed by atoms with van der Waals surface area (Å²) in [6.07, 6.45) is 0. The molecule has 0 radical (unpaired) electrons. The van der Waals surface area contributed by atoms with Crippen molar-refractivity contribution in [3.63, 3.8) is 0 Å². The SMILES string of the molecule is O=C(Nc1c(F)cc(Br)cc1F)c1cccc(S)c1. The van der Waals surface area contributed by atoms with Gasteiger partial charge in [-0.3, -0.25) is 4.79 Å². The fourth-order valence-corrected chi connectivity index (χ4v) is 2.12. The molecule has 0 bridgehead atoms. The minimum Gasteiger partial charge on any atom is -0.317 e. The average molecular weight is 344 g/mol. The minimum absolute atomic E-state index is 0.262. The third kappa shape index (κ3) is 3.33. The van der Waals surface area contributed by atoms with Crippen LogP contribution in [0.1, 0.15) is 10.4 Å². The summed E-state index contributed by atoms with van der Waals surface area (Å²) in [5, 5.41) is 2.21. The fraction of sp³-hybridized carbons (Fsp3) is 0. The lowest BCUT2D eigenvalue weighted by Crippen LogP contribution is -2.14. The van der Waals surface area contributed by atoms with Gasteiger partial charge in [0.15, 0.2) is 11.6 Å². The van der Waals surface area contributed by atoms with Crippen LogP contribution in [0.4, 0.5) is 14.5 Å². The highest BCUT2D eigenvalue weighted by atomic mass is 79.9. The Bertz CT molecular complexity index is 625. The number of anilines is 1. The van der Waals surface area contributed by atoms with Gasteiger partial charge in [-0.05, 0) is 30.3 Å². The Labute approximate surface area is 122 Å². The van der Waals surface area contributed by atoms with E-state index in [-0.39, 0.29) is 10.0 Å². The molecule has 1 amide bonds. The molecule has 0 fully saturated rings. The first-order chi connectivity index (χ1) is 8.97. The second-order valence-electron chi connectivity index (χ2n) is 3.75. The van der Waals surface area contributed by atoms with Crippen molar-refractivity contribution in [1.82, 2.24) is 0 Å². The van der Waals surface area contributed by atoms with Crippen molar-refractivity contribution in [2.75, 3.05) is 5.32 Å². The Balaban J connectivity index is 2.29. The summed E-state index contributed by atoms with van der Waals surface area (Å²) in [5.74, 6) is -2.29. The van der Waals surface area contributed by atoms with Crippen LogP contribution in [0.5, 0.6) is 0 Å². The Morgan fingerprint density at radius 1 is 1.16 bits per heavy atom. The maximum atomic E-state index is 13.6. The lowest BCUT2D eigenvalue weighted by atomic mass is 10.2. The zero-order chi connectivity index (χ0) is 14.0. The van der Waals surface area contributed by atoms with Gasteiger partial charge in [0.2, 0.25) is 0 Å². The largest absolute Gasteiger partial charge is 0.317 e. The first-order valence-corrected chi connectivity index (χ1v) is 6.46. The molecule has 0 aliphatic carbocycles. The number of hydrogen-bond acceptors (Lipinski definition) is 2. The Hall–Kier alpha value is -1.40. The van der Waals surface area contributed by atoms with Crippen LogP contribution in [-0.4, -0.2) is 5.91 Å². The molecule has 2 aromatic carbocycles. The van der Waals surface area contributed by atoms with E-state index in [4.69, 9.17) is 0 Å². The zero-order valence-electron chi connectivity index (χ0n) is 9.45. The lowest BCUT2D eigenvalue weighted by Gasteiger charge is -2.08. The Kier molecular flexibility index (Phi) is 4.21. The number of benzene rings is 2. The van der Waals surface area contributed by atoms with Gasteiger partial charge in [-0.1, -0.05) is 22.0 Å². The molecule has 0 aromatic heterocycles. The molecule has 2 aromatic rings. The third-order valence-corrected chi connectivity index (χ3v) is 3.09. The molecule has 0 saturated heterocycles. The van der Waals surface area contributed by atoms with E-state index in [2.05, 4.69) is 33.9 Å². The van der Waals surface area contributed by atoms with Gasteiger partial charge in [0, 0.05) is 14.9 Å². The number of thiol groups is 1. The topological polar surface area (TPSA) is 29.1 Å². The maximum Gasteiger partial charge on any atom is 0.255 e. The highest BCUT2D eigenvalue weighted by Gasteiger charge is 2.14. The predicted octanol–water partition coefficient (Wildman–Crippen LogP) is 4.27.